The fourth-order valence-electron chi connectivity index (χ4n) is 1.64. The second-order valence-electron chi connectivity index (χ2n) is 3.93. The Balaban J connectivity index is 2.23. The standard InChI is InChI=1S/C11H15N5O2/c1-4-16-6-5-12-10(11(16)17)15(3)7-9-13-8(2)18-14-9/h5-6H,4,7H2,1-3H3. The van der Waals surface area contributed by atoms with E-state index >= 15 is 0 Å². The maximum absolute atomic E-state index is 12.0. The van der Waals surface area contributed by atoms with Crippen molar-refractivity contribution in [2.45, 2.75) is 26.9 Å². The second kappa shape index (κ2) is 4.99. The van der Waals surface area contributed by atoms with Crippen molar-refractivity contribution >= 4 is 5.82 Å². The molecule has 96 valence electrons. The normalized spacial score (nSPS) is 10.6. The Morgan fingerprint density at radius 3 is 2.89 bits per heavy atom. The number of nitrogens with zero attached hydrogens (tertiary/aromatic N) is 5. The average Bonchev–Trinajstić information content (AvgIpc) is 2.75. The van der Waals surface area contributed by atoms with Gasteiger partial charge in [0.1, 0.15) is 0 Å². The van der Waals surface area contributed by atoms with E-state index in [2.05, 4.69) is 15.1 Å². The fourth-order valence-corrected chi connectivity index (χ4v) is 1.64. The van der Waals surface area contributed by atoms with Crippen LogP contribution in [0.1, 0.15) is 18.6 Å². The monoisotopic (exact) mass is 249 g/mol. The first-order chi connectivity index (χ1) is 8.61. The molecule has 0 unspecified atom stereocenters. The van der Waals surface area contributed by atoms with Gasteiger partial charge in [-0.05, 0) is 6.92 Å². The first-order valence-electron chi connectivity index (χ1n) is 5.67. The SMILES string of the molecule is CCn1ccnc(N(C)Cc2noc(C)n2)c1=O. The van der Waals surface area contributed by atoms with Crippen LogP contribution in [0.15, 0.2) is 21.7 Å². The van der Waals surface area contributed by atoms with Crippen molar-refractivity contribution in [3.05, 3.63) is 34.5 Å². The van der Waals surface area contributed by atoms with E-state index in [0.29, 0.717) is 30.6 Å². The van der Waals surface area contributed by atoms with Crippen molar-refractivity contribution < 1.29 is 4.52 Å². The number of aromatic nitrogens is 4. The van der Waals surface area contributed by atoms with Gasteiger partial charge >= 0.3 is 0 Å². The minimum absolute atomic E-state index is 0.122. The Kier molecular flexibility index (Phi) is 3.40. The molecule has 0 atom stereocenters. The van der Waals surface area contributed by atoms with Crippen molar-refractivity contribution in [1.82, 2.24) is 19.7 Å². The van der Waals surface area contributed by atoms with Crippen molar-refractivity contribution in [2.24, 2.45) is 0 Å². The minimum Gasteiger partial charge on any atom is -0.347 e. The molecule has 0 N–H and O–H groups in total. The summed E-state index contributed by atoms with van der Waals surface area (Å²) in [5, 5.41) is 3.79. The molecule has 0 amide bonds. The van der Waals surface area contributed by atoms with Crippen molar-refractivity contribution in [3.63, 3.8) is 0 Å². The molecule has 0 saturated heterocycles. The zero-order valence-corrected chi connectivity index (χ0v) is 10.6. The first-order valence-corrected chi connectivity index (χ1v) is 5.67. The van der Waals surface area contributed by atoms with Crippen LogP contribution in [0, 0.1) is 6.92 Å². The van der Waals surface area contributed by atoms with Gasteiger partial charge in [0.2, 0.25) is 5.89 Å². The quantitative estimate of drug-likeness (QED) is 0.789. The summed E-state index contributed by atoms with van der Waals surface area (Å²) in [7, 11) is 1.77. The summed E-state index contributed by atoms with van der Waals surface area (Å²) in [4.78, 5) is 21.9. The third-order valence-corrected chi connectivity index (χ3v) is 2.55. The molecule has 0 aliphatic carbocycles. The van der Waals surface area contributed by atoms with Gasteiger partial charge in [0.05, 0.1) is 6.54 Å². The molecule has 2 rings (SSSR count). The lowest BCUT2D eigenvalue weighted by Gasteiger charge is -2.15. The number of rotatable bonds is 4. The lowest BCUT2D eigenvalue weighted by Crippen LogP contribution is -2.30. The molecule has 7 heteroatoms. The van der Waals surface area contributed by atoms with Crippen LogP contribution in [0.5, 0.6) is 0 Å². The first kappa shape index (κ1) is 12.3. The van der Waals surface area contributed by atoms with Crippen LogP contribution in [0.25, 0.3) is 0 Å². The summed E-state index contributed by atoms with van der Waals surface area (Å²) in [5.41, 5.74) is -0.122. The highest BCUT2D eigenvalue weighted by atomic mass is 16.5. The number of hydrogen-bond acceptors (Lipinski definition) is 6. The zero-order valence-electron chi connectivity index (χ0n) is 10.6. The minimum atomic E-state index is -0.122. The Morgan fingerprint density at radius 1 is 1.50 bits per heavy atom. The predicted molar refractivity (Wildman–Crippen MR) is 65.3 cm³/mol. The van der Waals surface area contributed by atoms with Crippen LogP contribution in [-0.2, 0) is 13.1 Å². The van der Waals surface area contributed by atoms with Crippen LogP contribution in [0.2, 0.25) is 0 Å². The summed E-state index contributed by atoms with van der Waals surface area (Å²) >= 11 is 0. The van der Waals surface area contributed by atoms with Crippen molar-refractivity contribution in [3.8, 4) is 0 Å². The van der Waals surface area contributed by atoms with Gasteiger partial charge < -0.3 is 14.0 Å². The van der Waals surface area contributed by atoms with Gasteiger partial charge in [-0.2, -0.15) is 4.98 Å². The van der Waals surface area contributed by atoms with E-state index in [-0.39, 0.29) is 5.56 Å². The van der Waals surface area contributed by atoms with E-state index in [4.69, 9.17) is 4.52 Å². The molecule has 0 fully saturated rings. The molecule has 0 saturated carbocycles. The van der Waals surface area contributed by atoms with Crippen molar-refractivity contribution in [1.29, 1.82) is 0 Å². The maximum Gasteiger partial charge on any atom is 0.293 e. The molecule has 7 nitrogen and oxygen atoms in total. The van der Waals surface area contributed by atoms with Crippen molar-refractivity contribution in [2.75, 3.05) is 11.9 Å². The highest BCUT2D eigenvalue weighted by Crippen LogP contribution is 2.05. The molecule has 18 heavy (non-hydrogen) atoms. The van der Waals surface area contributed by atoms with E-state index in [1.165, 1.54) is 0 Å². The molecule has 0 aliphatic heterocycles. The third kappa shape index (κ3) is 2.39. The third-order valence-electron chi connectivity index (χ3n) is 2.55. The molecular weight excluding hydrogens is 234 g/mol. The van der Waals surface area contributed by atoms with Gasteiger partial charge in [-0.1, -0.05) is 5.16 Å². The molecule has 0 bridgehead atoms. The van der Waals surface area contributed by atoms with E-state index in [9.17, 15) is 4.79 Å². The molecule has 0 aromatic carbocycles. The fraction of sp³-hybridized carbons (Fsp3) is 0.455. The predicted octanol–water partition coefficient (Wildman–Crippen LogP) is 0.591. The van der Waals surface area contributed by atoms with Gasteiger partial charge in [0.15, 0.2) is 11.6 Å². The topological polar surface area (TPSA) is 77.1 Å². The molecule has 2 aromatic heterocycles. The largest absolute Gasteiger partial charge is 0.347 e. The summed E-state index contributed by atoms with van der Waals surface area (Å²) in [6.45, 7) is 4.63. The molecule has 2 heterocycles. The Labute approximate surface area is 104 Å². The maximum atomic E-state index is 12.0. The lowest BCUT2D eigenvalue weighted by atomic mass is 10.4. The highest BCUT2D eigenvalue weighted by Gasteiger charge is 2.12. The molecular formula is C11H15N5O2. The van der Waals surface area contributed by atoms with Crippen LogP contribution in [-0.4, -0.2) is 26.7 Å². The smallest absolute Gasteiger partial charge is 0.293 e. The second-order valence-corrected chi connectivity index (χ2v) is 3.93. The molecule has 2 aromatic rings. The van der Waals surface area contributed by atoms with Gasteiger partial charge in [0.25, 0.3) is 5.56 Å². The van der Waals surface area contributed by atoms with E-state index < -0.39 is 0 Å². The number of hydrogen-bond donors (Lipinski definition) is 0. The summed E-state index contributed by atoms with van der Waals surface area (Å²) in [5.74, 6) is 1.41. The van der Waals surface area contributed by atoms with E-state index in [1.54, 1.807) is 35.8 Å². The molecule has 0 radical (unpaired) electrons. The van der Waals surface area contributed by atoms with Crippen LogP contribution in [0.4, 0.5) is 5.82 Å². The van der Waals surface area contributed by atoms with Crippen LogP contribution < -0.4 is 10.5 Å². The highest BCUT2D eigenvalue weighted by molar-refractivity contribution is 5.34. The van der Waals surface area contributed by atoms with E-state index in [1.807, 2.05) is 6.92 Å². The zero-order chi connectivity index (χ0) is 13.1. The van der Waals surface area contributed by atoms with Crippen LogP contribution >= 0.6 is 0 Å². The Hall–Kier alpha value is -2.18. The van der Waals surface area contributed by atoms with Crippen LogP contribution in [0.3, 0.4) is 0 Å². The summed E-state index contributed by atoms with van der Waals surface area (Å²) < 4.78 is 6.48. The number of anilines is 1. The Morgan fingerprint density at radius 2 is 2.28 bits per heavy atom. The van der Waals surface area contributed by atoms with Gasteiger partial charge in [0, 0.05) is 32.9 Å². The van der Waals surface area contributed by atoms with Gasteiger partial charge in [-0.25, -0.2) is 4.98 Å². The molecule has 0 aliphatic rings. The number of aryl methyl sites for hydroxylation is 2. The average molecular weight is 249 g/mol. The molecule has 0 spiro atoms. The van der Waals surface area contributed by atoms with Gasteiger partial charge in [-0.15, -0.1) is 0 Å². The van der Waals surface area contributed by atoms with E-state index in [0.717, 1.165) is 0 Å². The summed E-state index contributed by atoms with van der Waals surface area (Å²) in [6, 6.07) is 0. The Bertz CT molecular complexity index is 589. The summed E-state index contributed by atoms with van der Waals surface area (Å²) in [6.07, 6.45) is 3.27. The lowest BCUT2D eigenvalue weighted by molar-refractivity contribution is 0.387. The van der Waals surface area contributed by atoms with Gasteiger partial charge in [-0.3, -0.25) is 4.79 Å².